The molecule has 0 N–H and O–H groups in total. The van der Waals surface area contributed by atoms with E-state index in [4.69, 9.17) is 11.6 Å². The number of pyridine rings is 1. The van der Waals surface area contributed by atoms with Crippen molar-refractivity contribution in [2.45, 2.75) is 25.2 Å². The lowest BCUT2D eigenvalue weighted by atomic mass is 9.74. The minimum Gasteiger partial charge on any atom is -0.339 e. The van der Waals surface area contributed by atoms with Crippen molar-refractivity contribution in [3.63, 3.8) is 0 Å². The van der Waals surface area contributed by atoms with Gasteiger partial charge in [0.25, 0.3) is 5.91 Å². The Balaban J connectivity index is 1.39. The van der Waals surface area contributed by atoms with E-state index in [9.17, 15) is 9.59 Å². The first-order chi connectivity index (χ1) is 14.5. The molecule has 6 heteroatoms. The van der Waals surface area contributed by atoms with Crippen LogP contribution in [0.3, 0.4) is 0 Å². The first kappa shape index (κ1) is 19.1. The molecule has 2 aliphatic heterocycles. The van der Waals surface area contributed by atoms with E-state index in [0.29, 0.717) is 30.2 Å². The third-order valence-electron chi connectivity index (χ3n) is 6.52. The number of carbonyl (C=O) groups is 2. The van der Waals surface area contributed by atoms with E-state index in [1.165, 1.54) is 0 Å². The first-order valence-corrected chi connectivity index (χ1v) is 10.6. The number of piperidine rings is 1. The lowest BCUT2D eigenvalue weighted by Crippen LogP contribution is -2.47. The summed E-state index contributed by atoms with van der Waals surface area (Å²) in [5.41, 5.74) is 3.51. The Kier molecular flexibility index (Phi) is 4.51. The molecule has 2 aliphatic rings. The molecule has 3 heterocycles. The molecule has 0 saturated carbocycles. The molecular weight excluding hydrogens is 398 g/mol. The van der Waals surface area contributed by atoms with Crippen LogP contribution in [0.1, 0.15) is 35.7 Å². The summed E-state index contributed by atoms with van der Waals surface area (Å²) >= 11 is 6.29. The molecule has 1 fully saturated rings. The van der Waals surface area contributed by atoms with Gasteiger partial charge in [0.2, 0.25) is 5.91 Å². The summed E-state index contributed by atoms with van der Waals surface area (Å²) < 4.78 is 0. The number of carbonyl (C=O) groups excluding carboxylic acids is 2. The van der Waals surface area contributed by atoms with Gasteiger partial charge in [0.1, 0.15) is 0 Å². The van der Waals surface area contributed by atoms with Crippen molar-refractivity contribution < 1.29 is 9.59 Å². The molecule has 1 aromatic heterocycles. The molecule has 0 unspecified atom stereocenters. The second-order valence-electron chi connectivity index (χ2n) is 8.25. The van der Waals surface area contributed by atoms with E-state index in [1.54, 1.807) is 13.1 Å². The lowest BCUT2D eigenvalue weighted by Gasteiger charge is -2.40. The maximum Gasteiger partial charge on any atom is 0.253 e. The predicted octanol–water partition coefficient (Wildman–Crippen LogP) is 4.43. The fourth-order valence-electron chi connectivity index (χ4n) is 4.88. The normalized spacial score (nSPS) is 17.4. The number of rotatable bonds is 1. The topological polar surface area (TPSA) is 53.5 Å². The Morgan fingerprint density at radius 3 is 2.63 bits per heavy atom. The Morgan fingerprint density at radius 2 is 1.87 bits per heavy atom. The summed E-state index contributed by atoms with van der Waals surface area (Å²) in [5, 5.41) is 1.65. The highest BCUT2D eigenvalue weighted by Crippen LogP contribution is 2.48. The van der Waals surface area contributed by atoms with Crippen LogP contribution in [0, 0.1) is 0 Å². The molecule has 5 nitrogen and oxygen atoms in total. The Labute approximate surface area is 180 Å². The number of nitrogens with zero attached hydrogens (tertiary/aromatic N) is 3. The largest absolute Gasteiger partial charge is 0.339 e. The second-order valence-corrected chi connectivity index (χ2v) is 8.69. The summed E-state index contributed by atoms with van der Waals surface area (Å²) in [6, 6.07) is 15.3. The van der Waals surface area contributed by atoms with Crippen molar-refractivity contribution >= 4 is 40.0 Å². The van der Waals surface area contributed by atoms with Gasteiger partial charge < -0.3 is 9.80 Å². The maximum absolute atomic E-state index is 13.1. The van der Waals surface area contributed by atoms with Gasteiger partial charge in [-0.2, -0.15) is 0 Å². The number of halogens is 1. The van der Waals surface area contributed by atoms with E-state index in [0.717, 1.165) is 35.0 Å². The molecule has 0 radical (unpaired) electrons. The number of fused-ring (bicyclic) bond motifs is 3. The number of likely N-dealkylation sites (tertiary alicyclic amines) is 1. The molecule has 152 valence electrons. The number of benzene rings is 2. The van der Waals surface area contributed by atoms with Crippen LogP contribution in [-0.2, 0) is 10.2 Å². The number of hydrogen-bond donors (Lipinski definition) is 0. The van der Waals surface area contributed by atoms with Gasteiger partial charge >= 0.3 is 0 Å². The number of amides is 2. The Morgan fingerprint density at radius 1 is 1.07 bits per heavy atom. The zero-order chi connectivity index (χ0) is 20.9. The predicted molar refractivity (Wildman–Crippen MR) is 118 cm³/mol. The SMILES string of the molecule is CC(=O)N1CC2(CCN(C(=O)c3ccc4ncccc4c3)CC2)c2cc(Cl)ccc21. The van der Waals surface area contributed by atoms with Crippen LogP contribution in [0.4, 0.5) is 5.69 Å². The smallest absolute Gasteiger partial charge is 0.253 e. The molecule has 0 atom stereocenters. The zero-order valence-electron chi connectivity index (χ0n) is 16.8. The summed E-state index contributed by atoms with van der Waals surface area (Å²) in [5.74, 6) is 0.0852. The molecule has 3 aromatic rings. The number of hydrogen-bond acceptors (Lipinski definition) is 3. The van der Waals surface area contributed by atoms with Crippen molar-refractivity contribution in [2.75, 3.05) is 24.5 Å². The summed E-state index contributed by atoms with van der Waals surface area (Å²) in [6.07, 6.45) is 3.37. The van der Waals surface area contributed by atoms with E-state index >= 15 is 0 Å². The minimum absolute atomic E-state index is 0.0405. The molecular formula is C24H22ClN3O2. The fraction of sp³-hybridized carbons (Fsp3) is 0.292. The van der Waals surface area contributed by atoms with E-state index < -0.39 is 0 Å². The van der Waals surface area contributed by atoms with Crippen molar-refractivity contribution in [3.05, 3.63) is 70.9 Å². The van der Waals surface area contributed by atoms with Crippen LogP contribution < -0.4 is 4.90 Å². The molecule has 0 bridgehead atoms. The third-order valence-corrected chi connectivity index (χ3v) is 6.75. The summed E-state index contributed by atoms with van der Waals surface area (Å²) in [4.78, 5) is 33.4. The number of aromatic nitrogens is 1. The highest BCUT2D eigenvalue weighted by Gasteiger charge is 2.46. The van der Waals surface area contributed by atoms with E-state index in [-0.39, 0.29) is 17.2 Å². The third kappa shape index (κ3) is 3.05. The van der Waals surface area contributed by atoms with Crippen molar-refractivity contribution in [3.8, 4) is 0 Å². The van der Waals surface area contributed by atoms with Gasteiger partial charge in [0.15, 0.2) is 0 Å². The van der Waals surface area contributed by atoms with Gasteiger partial charge in [0, 0.05) is 59.8 Å². The van der Waals surface area contributed by atoms with Crippen LogP contribution in [0.2, 0.25) is 5.02 Å². The van der Waals surface area contributed by atoms with Gasteiger partial charge in [-0.05, 0) is 60.9 Å². The molecule has 2 aromatic carbocycles. The molecule has 30 heavy (non-hydrogen) atoms. The van der Waals surface area contributed by atoms with Crippen LogP contribution in [0.5, 0.6) is 0 Å². The van der Waals surface area contributed by atoms with Gasteiger partial charge in [-0.25, -0.2) is 0 Å². The second kappa shape index (κ2) is 7.10. The zero-order valence-corrected chi connectivity index (χ0v) is 17.5. The Hall–Kier alpha value is -2.92. The lowest BCUT2D eigenvalue weighted by molar-refractivity contribution is -0.116. The standard InChI is InChI=1S/C24H22ClN3O2/c1-16(29)28-15-24(20-14-19(25)5-7-22(20)28)8-11-27(12-9-24)23(30)18-4-6-21-17(13-18)3-2-10-26-21/h2-7,10,13-14H,8-9,11-12,15H2,1H3. The number of anilines is 1. The average molecular weight is 420 g/mol. The van der Waals surface area contributed by atoms with Crippen LogP contribution in [0.15, 0.2) is 54.7 Å². The van der Waals surface area contributed by atoms with Crippen molar-refractivity contribution in [1.29, 1.82) is 0 Å². The highest BCUT2D eigenvalue weighted by molar-refractivity contribution is 6.30. The molecule has 1 saturated heterocycles. The van der Waals surface area contributed by atoms with Crippen LogP contribution >= 0.6 is 11.6 Å². The minimum atomic E-state index is -0.143. The fourth-order valence-corrected chi connectivity index (χ4v) is 5.05. The van der Waals surface area contributed by atoms with Crippen molar-refractivity contribution in [2.24, 2.45) is 0 Å². The van der Waals surface area contributed by atoms with Gasteiger partial charge in [-0.3, -0.25) is 14.6 Å². The summed E-state index contributed by atoms with van der Waals surface area (Å²) in [7, 11) is 0. The van der Waals surface area contributed by atoms with Crippen molar-refractivity contribution in [1.82, 2.24) is 9.88 Å². The van der Waals surface area contributed by atoms with E-state index in [1.807, 2.05) is 58.3 Å². The van der Waals surface area contributed by atoms with Gasteiger partial charge in [-0.15, -0.1) is 0 Å². The summed E-state index contributed by atoms with van der Waals surface area (Å²) in [6.45, 7) is 3.57. The quantitative estimate of drug-likeness (QED) is 0.586. The molecule has 5 rings (SSSR count). The molecule has 1 spiro atoms. The Bertz CT molecular complexity index is 1170. The van der Waals surface area contributed by atoms with Crippen LogP contribution in [0.25, 0.3) is 10.9 Å². The van der Waals surface area contributed by atoms with Gasteiger partial charge in [-0.1, -0.05) is 17.7 Å². The molecule has 2 amide bonds. The first-order valence-electron chi connectivity index (χ1n) is 10.2. The van der Waals surface area contributed by atoms with E-state index in [2.05, 4.69) is 4.98 Å². The maximum atomic E-state index is 13.1. The average Bonchev–Trinajstić information content (AvgIpc) is 3.07. The molecule has 0 aliphatic carbocycles. The van der Waals surface area contributed by atoms with Gasteiger partial charge in [0.05, 0.1) is 5.52 Å². The monoisotopic (exact) mass is 419 g/mol. The van der Waals surface area contributed by atoms with Crippen LogP contribution in [-0.4, -0.2) is 41.3 Å². The highest BCUT2D eigenvalue weighted by atomic mass is 35.5.